The molecule has 3 heterocycles. The number of nitrogens with zero attached hydrogens (tertiary/aromatic N) is 4. The minimum absolute atomic E-state index is 0.0203. The number of carboxylic acid groups (broad SMARTS) is 1. The minimum atomic E-state index is -3.09. The number of carbonyl (C=O) groups is 2. The average Bonchev–Trinajstić information content (AvgIpc) is 3.25. The van der Waals surface area contributed by atoms with Crippen molar-refractivity contribution in [3.8, 4) is 0 Å². The van der Waals surface area contributed by atoms with Gasteiger partial charge < -0.3 is 14.9 Å². The summed E-state index contributed by atoms with van der Waals surface area (Å²) in [5, 5.41) is 11.1. The lowest BCUT2D eigenvalue weighted by atomic mass is 10.00. The molecular formula is C17H28N4O5S. The minimum Gasteiger partial charge on any atom is -0.481 e. The molecule has 0 radical (unpaired) electrons. The highest BCUT2D eigenvalue weighted by molar-refractivity contribution is 7.92. The van der Waals surface area contributed by atoms with E-state index in [0.717, 1.165) is 13.3 Å². The molecule has 3 rings (SSSR count). The fourth-order valence-corrected chi connectivity index (χ4v) is 6.23. The Kier molecular flexibility index (Phi) is 6.99. The number of sulfone groups is 1. The maximum absolute atomic E-state index is 12.4. The number of fused-ring (bicyclic) bond motifs is 1. The van der Waals surface area contributed by atoms with Gasteiger partial charge in [-0.15, -0.1) is 0 Å². The van der Waals surface area contributed by atoms with Crippen molar-refractivity contribution in [3.63, 3.8) is 0 Å². The average molecular weight is 401 g/mol. The van der Waals surface area contributed by atoms with Gasteiger partial charge in [0, 0.05) is 57.3 Å². The molecule has 0 aliphatic carbocycles. The van der Waals surface area contributed by atoms with Crippen molar-refractivity contribution in [2.45, 2.75) is 37.6 Å². The normalized spacial score (nSPS) is 25.8. The van der Waals surface area contributed by atoms with Crippen molar-refractivity contribution >= 4 is 21.7 Å². The maximum Gasteiger partial charge on any atom is 0.300 e. The highest BCUT2D eigenvalue weighted by atomic mass is 32.2. The Morgan fingerprint density at radius 3 is 2.52 bits per heavy atom. The topological polar surface area (TPSA) is 113 Å². The van der Waals surface area contributed by atoms with Crippen LogP contribution in [0.5, 0.6) is 0 Å². The van der Waals surface area contributed by atoms with Crippen LogP contribution in [0.4, 0.5) is 0 Å². The van der Waals surface area contributed by atoms with Crippen LogP contribution < -0.4 is 0 Å². The van der Waals surface area contributed by atoms with E-state index in [-0.39, 0.29) is 28.9 Å². The van der Waals surface area contributed by atoms with Gasteiger partial charge in [0.2, 0.25) is 5.91 Å². The molecule has 0 unspecified atom stereocenters. The fourth-order valence-electron chi connectivity index (χ4n) is 3.75. The second kappa shape index (κ2) is 8.83. The molecule has 2 fully saturated rings. The monoisotopic (exact) mass is 400 g/mol. The van der Waals surface area contributed by atoms with Gasteiger partial charge in [-0.05, 0) is 26.6 Å². The summed E-state index contributed by atoms with van der Waals surface area (Å²) in [7, 11) is 0.738. The van der Waals surface area contributed by atoms with E-state index in [1.54, 1.807) is 15.8 Å². The number of hydrogen-bond acceptors (Lipinski definition) is 6. The molecule has 0 spiro atoms. The number of hydrogen-bond donors (Lipinski definition) is 1. The lowest BCUT2D eigenvalue weighted by Crippen LogP contribution is -2.38. The van der Waals surface area contributed by atoms with Gasteiger partial charge in [0.15, 0.2) is 9.84 Å². The van der Waals surface area contributed by atoms with Crippen LogP contribution in [-0.2, 0) is 26.0 Å². The number of rotatable bonds is 5. The quantitative estimate of drug-likeness (QED) is 0.737. The first-order valence-corrected chi connectivity index (χ1v) is 10.7. The van der Waals surface area contributed by atoms with Gasteiger partial charge in [-0.25, -0.2) is 8.42 Å². The van der Waals surface area contributed by atoms with Gasteiger partial charge in [-0.3, -0.25) is 14.3 Å². The Morgan fingerprint density at radius 1 is 1.30 bits per heavy atom. The summed E-state index contributed by atoms with van der Waals surface area (Å²) in [5.41, 5.74) is 0. The Balaban J connectivity index is 0.000000596. The second-order valence-electron chi connectivity index (χ2n) is 7.25. The van der Waals surface area contributed by atoms with E-state index in [4.69, 9.17) is 9.90 Å². The van der Waals surface area contributed by atoms with Gasteiger partial charge in [0.1, 0.15) is 0 Å². The molecule has 0 bridgehead atoms. The lowest BCUT2D eigenvalue weighted by molar-refractivity contribution is -0.134. The third kappa shape index (κ3) is 5.52. The summed E-state index contributed by atoms with van der Waals surface area (Å²) in [6.07, 6.45) is 4.75. The van der Waals surface area contributed by atoms with E-state index in [1.807, 2.05) is 31.3 Å². The largest absolute Gasteiger partial charge is 0.481 e. The molecule has 152 valence electrons. The van der Waals surface area contributed by atoms with Crippen LogP contribution >= 0.6 is 0 Å². The van der Waals surface area contributed by atoms with Gasteiger partial charge in [0.25, 0.3) is 5.97 Å². The van der Waals surface area contributed by atoms with E-state index >= 15 is 0 Å². The number of aliphatic carboxylic acids is 1. The third-order valence-electron chi connectivity index (χ3n) is 5.02. The van der Waals surface area contributed by atoms with Crippen LogP contribution in [0, 0.1) is 5.92 Å². The standard InChI is InChI=1S/C15H24N4O3S.C2H4O2/c1-17(2)13-11-23(21,22)14-10-18(9-12(13)14)15(20)5-3-7-19-8-4-6-16-19;1-2(3)4/h4,6,8,12-14H,3,5,7,9-11H2,1-2H3;1H3,(H,3,4)/t12-,13+,14-;/m0./s1. The molecule has 27 heavy (non-hydrogen) atoms. The van der Waals surface area contributed by atoms with Crippen molar-refractivity contribution in [3.05, 3.63) is 18.5 Å². The smallest absolute Gasteiger partial charge is 0.300 e. The van der Waals surface area contributed by atoms with Crippen molar-refractivity contribution in [1.29, 1.82) is 0 Å². The molecule has 1 aromatic heterocycles. The van der Waals surface area contributed by atoms with Crippen LogP contribution in [-0.4, -0.2) is 89.2 Å². The molecule has 0 aromatic carbocycles. The Hall–Kier alpha value is -1.94. The number of carbonyl (C=O) groups excluding carboxylic acids is 1. The number of carboxylic acids is 1. The summed E-state index contributed by atoms with van der Waals surface area (Å²) in [6.45, 7) is 2.71. The van der Waals surface area contributed by atoms with Crippen LogP contribution in [0.15, 0.2) is 18.5 Å². The van der Waals surface area contributed by atoms with Crippen LogP contribution in [0.1, 0.15) is 19.8 Å². The zero-order valence-corrected chi connectivity index (χ0v) is 16.8. The molecule has 10 heteroatoms. The molecule has 3 atom stereocenters. The van der Waals surface area contributed by atoms with Crippen molar-refractivity contribution < 1.29 is 23.1 Å². The van der Waals surface area contributed by atoms with Crippen LogP contribution in [0.2, 0.25) is 0 Å². The SMILES string of the molecule is CC(=O)O.CN(C)[C@@H]1CS(=O)(=O)[C@H]2CN(C(=O)CCCn3cccn3)C[C@@H]12. The van der Waals surface area contributed by atoms with Crippen LogP contribution in [0.3, 0.4) is 0 Å². The van der Waals surface area contributed by atoms with E-state index in [1.165, 1.54) is 0 Å². The Labute approximate surface area is 159 Å². The maximum atomic E-state index is 12.4. The Bertz CT molecular complexity index is 743. The van der Waals surface area contributed by atoms with Gasteiger partial charge in [0.05, 0.1) is 11.0 Å². The van der Waals surface area contributed by atoms with Crippen molar-refractivity contribution in [2.75, 3.05) is 32.9 Å². The third-order valence-corrected chi connectivity index (χ3v) is 7.25. The molecule has 0 saturated carbocycles. The van der Waals surface area contributed by atoms with E-state index in [2.05, 4.69) is 5.10 Å². The van der Waals surface area contributed by atoms with Gasteiger partial charge >= 0.3 is 0 Å². The van der Waals surface area contributed by atoms with E-state index in [0.29, 0.717) is 26.1 Å². The first-order chi connectivity index (χ1) is 12.6. The summed E-state index contributed by atoms with van der Waals surface area (Å²) in [5.74, 6) is -0.513. The summed E-state index contributed by atoms with van der Waals surface area (Å²) >= 11 is 0. The highest BCUT2D eigenvalue weighted by Gasteiger charge is 2.53. The summed E-state index contributed by atoms with van der Waals surface area (Å²) in [4.78, 5) is 25.1. The Morgan fingerprint density at radius 2 is 1.96 bits per heavy atom. The van der Waals surface area contributed by atoms with Gasteiger partial charge in [-0.1, -0.05) is 0 Å². The molecule has 2 aliphatic rings. The number of likely N-dealkylation sites (tertiary alicyclic amines) is 1. The predicted molar refractivity (Wildman–Crippen MR) is 99.9 cm³/mol. The fraction of sp³-hybridized carbons (Fsp3) is 0.706. The molecule has 1 N–H and O–H groups in total. The second-order valence-corrected chi connectivity index (χ2v) is 9.52. The molecular weight excluding hydrogens is 372 g/mol. The van der Waals surface area contributed by atoms with Crippen LogP contribution in [0.25, 0.3) is 0 Å². The highest BCUT2D eigenvalue weighted by Crippen LogP contribution is 2.36. The lowest BCUT2D eigenvalue weighted by Gasteiger charge is -2.25. The zero-order chi connectivity index (χ0) is 20.2. The molecule has 2 saturated heterocycles. The molecule has 9 nitrogen and oxygen atoms in total. The number of aromatic nitrogens is 2. The molecule has 1 amide bonds. The number of aryl methyl sites for hydroxylation is 1. The van der Waals surface area contributed by atoms with E-state index in [9.17, 15) is 13.2 Å². The van der Waals surface area contributed by atoms with Crippen molar-refractivity contribution in [2.24, 2.45) is 5.92 Å². The summed E-state index contributed by atoms with van der Waals surface area (Å²) < 4.78 is 26.4. The van der Waals surface area contributed by atoms with Gasteiger partial charge in [-0.2, -0.15) is 5.10 Å². The summed E-state index contributed by atoms with van der Waals surface area (Å²) in [6, 6.07) is 1.88. The first kappa shape index (κ1) is 21.4. The van der Waals surface area contributed by atoms with E-state index < -0.39 is 15.8 Å². The zero-order valence-electron chi connectivity index (χ0n) is 16.0. The molecule has 2 aliphatic heterocycles. The predicted octanol–water partition coefficient (Wildman–Crippen LogP) is -0.0602. The molecule has 1 aromatic rings. The number of amides is 1. The first-order valence-electron chi connectivity index (χ1n) is 8.94. The van der Waals surface area contributed by atoms with Crippen molar-refractivity contribution in [1.82, 2.24) is 19.6 Å².